The summed E-state index contributed by atoms with van der Waals surface area (Å²) in [5.74, 6) is 0.460. The highest BCUT2D eigenvalue weighted by atomic mass is 32.2. The first-order chi connectivity index (χ1) is 15.8. The summed E-state index contributed by atoms with van der Waals surface area (Å²) in [7, 11) is 0. The van der Waals surface area contributed by atoms with Crippen molar-refractivity contribution in [2.45, 2.75) is 19.8 Å². The summed E-state index contributed by atoms with van der Waals surface area (Å²) in [5.41, 5.74) is 13.7. The van der Waals surface area contributed by atoms with E-state index >= 15 is 0 Å². The smallest absolute Gasteiger partial charge is 0.269 e. The van der Waals surface area contributed by atoms with E-state index in [4.69, 9.17) is 11.5 Å². The number of anilines is 1. The molecule has 11 heteroatoms. The highest BCUT2D eigenvalue weighted by molar-refractivity contribution is 8.03. The van der Waals surface area contributed by atoms with E-state index in [1.54, 1.807) is 36.6 Å². The number of benzene rings is 2. The maximum Gasteiger partial charge on any atom is 0.269 e. The number of non-ortho nitro benzene ring substituents is 1. The quantitative estimate of drug-likeness (QED) is 0.108. The standard InChI is InChI=1S/C22H27N7O3S/c1-3-33-28(19-9-11-20(12-10-19)29(31)32)14-4-13-25-21(30)15-17-5-7-18(8-6-17)22(24)27-26-16(2)23/h3,5-12H,1,4,13-15H2,2H3,(H2,23,26)(H2,24,27)(H,25,30). The van der Waals surface area contributed by atoms with Crippen molar-refractivity contribution in [1.29, 1.82) is 0 Å². The van der Waals surface area contributed by atoms with Crippen LogP contribution in [0.1, 0.15) is 24.5 Å². The van der Waals surface area contributed by atoms with Crippen molar-refractivity contribution >= 4 is 40.9 Å². The van der Waals surface area contributed by atoms with E-state index in [1.165, 1.54) is 24.1 Å². The van der Waals surface area contributed by atoms with Gasteiger partial charge in [-0.3, -0.25) is 14.9 Å². The zero-order valence-corrected chi connectivity index (χ0v) is 19.1. The van der Waals surface area contributed by atoms with Gasteiger partial charge in [-0.1, -0.05) is 30.8 Å². The Morgan fingerprint density at radius 3 is 2.42 bits per heavy atom. The van der Waals surface area contributed by atoms with Crippen LogP contribution in [0.2, 0.25) is 0 Å². The maximum atomic E-state index is 12.3. The van der Waals surface area contributed by atoms with E-state index in [2.05, 4.69) is 22.1 Å². The Morgan fingerprint density at radius 2 is 1.85 bits per heavy atom. The molecule has 174 valence electrons. The highest BCUT2D eigenvalue weighted by Crippen LogP contribution is 2.25. The van der Waals surface area contributed by atoms with Gasteiger partial charge in [0.25, 0.3) is 5.69 Å². The van der Waals surface area contributed by atoms with Gasteiger partial charge in [0.15, 0.2) is 5.84 Å². The lowest BCUT2D eigenvalue weighted by Crippen LogP contribution is -2.28. The molecule has 10 nitrogen and oxygen atoms in total. The third kappa shape index (κ3) is 8.65. The van der Waals surface area contributed by atoms with E-state index < -0.39 is 4.92 Å². The minimum atomic E-state index is -0.433. The first-order valence-corrected chi connectivity index (χ1v) is 10.9. The molecule has 0 saturated carbocycles. The SMILES string of the molecule is C=CSN(CCCNC(=O)Cc1ccc(/C(N)=N/N=C(/C)N)cc1)c1ccc([N+](=O)[O-])cc1. The van der Waals surface area contributed by atoms with Gasteiger partial charge in [0.1, 0.15) is 5.84 Å². The van der Waals surface area contributed by atoms with Crippen LogP contribution in [0.5, 0.6) is 0 Å². The number of nitrogens with zero attached hydrogens (tertiary/aromatic N) is 4. The Bertz CT molecular complexity index is 1020. The number of nitro benzene ring substituents is 1. The maximum absolute atomic E-state index is 12.3. The molecule has 0 aliphatic rings. The topological polar surface area (TPSA) is 152 Å². The summed E-state index contributed by atoms with van der Waals surface area (Å²) in [4.78, 5) is 22.6. The molecule has 0 aliphatic heterocycles. The molecule has 0 atom stereocenters. The second-order valence-corrected chi connectivity index (χ2v) is 7.94. The molecular formula is C22H27N7O3S. The molecule has 0 aromatic heterocycles. The molecule has 2 aromatic rings. The van der Waals surface area contributed by atoms with Gasteiger partial charge in [0, 0.05) is 36.5 Å². The molecule has 0 bridgehead atoms. The van der Waals surface area contributed by atoms with Crippen molar-refractivity contribution in [2.75, 3.05) is 17.4 Å². The van der Waals surface area contributed by atoms with Gasteiger partial charge in [-0.25, -0.2) is 0 Å². The lowest BCUT2D eigenvalue weighted by Gasteiger charge is -2.21. The van der Waals surface area contributed by atoms with Gasteiger partial charge in [-0.2, -0.15) is 0 Å². The van der Waals surface area contributed by atoms with Crippen molar-refractivity contribution in [3.8, 4) is 0 Å². The zero-order valence-electron chi connectivity index (χ0n) is 18.3. The molecular weight excluding hydrogens is 442 g/mol. The monoisotopic (exact) mass is 469 g/mol. The van der Waals surface area contributed by atoms with Crippen LogP contribution < -0.4 is 21.1 Å². The number of amides is 1. The molecule has 2 rings (SSSR count). The Morgan fingerprint density at radius 1 is 1.18 bits per heavy atom. The lowest BCUT2D eigenvalue weighted by atomic mass is 10.1. The van der Waals surface area contributed by atoms with E-state index in [0.717, 1.165) is 11.3 Å². The Hall–Kier alpha value is -3.86. The highest BCUT2D eigenvalue weighted by Gasteiger charge is 2.10. The van der Waals surface area contributed by atoms with Crippen LogP contribution in [0.3, 0.4) is 0 Å². The molecule has 0 unspecified atom stereocenters. The van der Waals surface area contributed by atoms with Crippen molar-refractivity contribution < 1.29 is 9.72 Å². The fourth-order valence-corrected chi connectivity index (χ4v) is 3.41. The van der Waals surface area contributed by atoms with E-state index in [1.807, 2.05) is 16.4 Å². The summed E-state index contributed by atoms with van der Waals surface area (Å²) in [5, 5.41) is 23.0. The van der Waals surface area contributed by atoms with Crippen molar-refractivity contribution in [1.82, 2.24) is 5.32 Å². The number of nitrogens with two attached hydrogens (primary N) is 2. The number of carbonyl (C=O) groups excluding carboxylic acids is 1. The Labute approximate surface area is 196 Å². The first kappa shape index (κ1) is 25.4. The van der Waals surface area contributed by atoms with Crippen molar-refractivity contribution in [3.63, 3.8) is 0 Å². The predicted molar refractivity (Wildman–Crippen MR) is 134 cm³/mol. The number of nitro groups is 1. The molecule has 2 aromatic carbocycles. The number of amidine groups is 2. The summed E-state index contributed by atoms with van der Waals surface area (Å²) in [6.45, 7) is 6.47. The predicted octanol–water partition coefficient (Wildman–Crippen LogP) is 2.94. The molecule has 0 radical (unpaired) electrons. The lowest BCUT2D eigenvalue weighted by molar-refractivity contribution is -0.384. The summed E-state index contributed by atoms with van der Waals surface area (Å²) in [6.07, 6.45) is 0.932. The second-order valence-electron chi connectivity index (χ2n) is 6.95. The molecule has 33 heavy (non-hydrogen) atoms. The second kappa shape index (κ2) is 12.9. The number of nitrogens with one attached hydrogen (secondary N) is 1. The average molecular weight is 470 g/mol. The van der Waals surface area contributed by atoms with Gasteiger partial charge in [0.05, 0.1) is 11.3 Å². The van der Waals surface area contributed by atoms with Gasteiger partial charge in [0.2, 0.25) is 5.91 Å². The summed E-state index contributed by atoms with van der Waals surface area (Å²) < 4.78 is 1.96. The van der Waals surface area contributed by atoms with Crippen LogP contribution in [0, 0.1) is 10.1 Å². The van der Waals surface area contributed by atoms with Crippen LogP contribution >= 0.6 is 11.9 Å². The normalized spacial score (nSPS) is 11.7. The summed E-state index contributed by atoms with van der Waals surface area (Å²) >= 11 is 1.39. The molecule has 1 amide bonds. The largest absolute Gasteiger partial charge is 0.386 e. The zero-order chi connectivity index (χ0) is 24.2. The molecule has 0 spiro atoms. The minimum Gasteiger partial charge on any atom is -0.386 e. The van der Waals surface area contributed by atoms with E-state index in [9.17, 15) is 14.9 Å². The third-order valence-corrected chi connectivity index (χ3v) is 5.14. The summed E-state index contributed by atoms with van der Waals surface area (Å²) in [6, 6.07) is 13.5. The Kier molecular flexibility index (Phi) is 9.90. The fraction of sp³-hybridized carbons (Fsp3) is 0.227. The third-order valence-electron chi connectivity index (χ3n) is 4.34. The van der Waals surface area contributed by atoms with E-state index in [0.29, 0.717) is 30.9 Å². The van der Waals surface area contributed by atoms with Crippen LogP contribution in [-0.2, 0) is 11.2 Å². The van der Waals surface area contributed by atoms with Crippen molar-refractivity contribution in [3.05, 3.63) is 81.8 Å². The van der Waals surface area contributed by atoms with Gasteiger partial charge < -0.3 is 21.1 Å². The molecule has 0 heterocycles. The van der Waals surface area contributed by atoms with E-state index in [-0.39, 0.29) is 23.9 Å². The van der Waals surface area contributed by atoms with Crippen LogP contribution in [0.4, 0.5) is 11.4 Å². The molecule has 0 saturated heterocycles. The average Bonchev–Trinajstić information content (AvgIpc) is 2.80. The number of rotatable bonds is 12. The number of hydrogen-bond acceptors (Lipinski definition) is 7. The van der Waals surface area contributed by atoms with Crippen molar-refractivity contribution in [2.24, 2.45) is 21.7 Å². The molecule has 0 aliphatic carbocycles. The molecule has 5 N–H and O–H groups in total. The first-order valence-electron chi connectivity index (χ1n) is 10.1. The Balaban J connectivity index is 1.81. The molecule has 0 fully saturated rings. The fourth-order valence-electron chi connectivity index (χ4n) is 2.76. The van der Waals surface area contributed by atoms with Gasteiger partial charge in [-0.15, -0.1) is 10.2 Å². The van der Waals surface area contributed by atoms with Crippen LogP contribution in [-0.4, -0.2) is 35.6 Å². The number of hydrogen-bond donors (Lipinski definition) is 3. The number of carbonyl (C=O) groups is 1. The minimum absolute atomic E-state index is 0.0386. The van der Waals surface area contributed by atoms with Crippen LogP contribution in [0.25, 0.3) is 0 Å². The van der Waals surface area contributed by atoms with Crippen LogP contribution in [0.15, 0.2) is 70.7 Å². The van der Waals surface area contributed by atoms with Gasteiger partial charge in [-0.05, 0) is 48.4 Å². The van der Waals surface area contributed by atoms with Gasteiger partial charge >= 0.3 is 0 Å².